The molecule has 90 valence electrons. The lowest BCUT2D eigenvalue weighted by molar-refractivity contribution is 0.0951. The van der Waals surface area contributed by atoms with Crippen LogP contribution in [0.5, 0.6) is 0 Å². The molecular weight excluding hydrogens is 238 g/mol. The summed E-state index contributed by atoms with van der Waals surface area (Å²) in [6.45, 7) is 2.21. The fourth-order valence-corrected chi connectivity index (χ4v) is 2.21. The van der Waals surface area contributed by atoms with Crippen molar-refractivity contribution >= 4 is 22.4 Å². The first-order valence-corrected chi connectivity index (χ1v) is 5.98. The van der Waals surface area contributed by atoms with Crippen molar-refractivity contribution in [3.05, 3.63) is 34.7 Å². The van der Waals surface area contributed by atoms with Crippen LogP contribution in [0.2, 0.25) is 0 Å². The van der Waals surface area contributed by atoms with Crippen LogP contribution in [0.15, 0.2) is 22.8 Å². The normalized spacial score (nSPS) is 10.2. The molecule has 0 atom stereocenters. The largest absolute Gasteiger partial charge is 0.467 e. The van der Waals surface area contributed by atoms with Crippen molar-refractivity contribution in [3.63, 3.8) is 0 Å². The number of rotatable bonds is 4. The summed E-state index contributed by atoms with van der Waals surface area (Å²) in [7, 11) is 1.78. The smallest absolute Gasteiger partial charge is 0.263 e. The van der Waals surface area contributed by atoms with Crippen molar-refractivity contribution in [2.45, 2.75) is 13.5 Å². The minimum absolute atomic E-state index is 0.127. The van der Waals surface area contributed by atoms with Gasteiger partial charge in [-0.2, -0.15) is 0 Å². The first-order chi connectivity index (χ1) is 8.20. The Morgan fingerprint density at radius 2 is 2.41 bits per heavy atom. The molecule has 2 aromatic heterocycles. The molecule has 0 spiro atoms. The summed E-state index contributed by atoms with van der Waals surface area (Å²) in [6.07, 6.45) is 1.58. The standard InChI is InChI=1S/C11H13N3O2S/c1-7-9(17-11(12-2)14-7)10(15)13-6-8-4-3-5-16-8/h3-5H,6H2,1-2H3,(H,12,14)(H,13,15). The summed E-state index contributed by atoms with van der Waals surface area (Å²) < 4.78 is 5.14. The number of nitrogens with zero attached hydrogens (tertiary/aromatic N) is 1. The highest BCUT2D eigenvalue weighted by atomic mass is 32.1. The Balaban J connectivity index is 2.01. The first-order valence-electron chi connectivity index (χ1n) is 5.16. The lowest BCUT2D eigenvalue weighted by Gasteiger charge is -2.00. The van der Waals surface area contributed by atoms with Gasteiger partial charge in [0.05, 0.1) is 18.5 Å². The highest BCUT2D eigenvalue weighted by Gasteiger charge is 2.14. The van der Waals surface area contributed by atoms with Gasteiger partial charge in [0, 0.05) is 7.05 Å². The van der Waals surface area contributed by atoms with Gasteiger partial charge in [-0.15, -0.1) is 0 Å². The zero-order chi connectivity index (χ0) is 12.3. The maximum Gasteiger partial charge on any atom is 0.263 e. The molecule has 6 heteroatoms. The van der Waals surface area contributed by atoms with Gasteiger partial charge in [0.15, 0.2) is 5.13 Å². The van der Waals surface area contributed by atoms with E-state index in [9.17, 15) is 4.79 Å². The number of nitrogens with one attached hydrogen (secondary N) is 2. The molecule has 2 rings (SSSR count). The van der Waals surface area contributed by atoms with Crippen LogP contribution in [0.1, 0.15) is 21.1 Å². The fourth-order valence-electron chi connectivity index (χ4n) is 1.37. The van der Waals surface area contributed by atoms with Crippen LogP contribution >= 0.6 is 11.3 Å². The van der Waals surface area contributed by atoms with Gasteiger partial charge < -0.3 is 15.1 Å². The summed E-state index contributed by atoms with van der Waals surface area (Å²) >= 11 is 1.34. The summed E-state index contributed by atoms with van der Waals surface area (Å²) in [5, 5.41) is 6.45. The molecule has 0 saturated heterocycles. The van der Waals surface area contributed by atoms with Gasteiger partial charge in [0.1, 0.15) is 10.6 Å². The Hall–Kier alpha value is -1.82. The lowest BCUT2D eigenvalue weighted by atomic mass is 10.3. The molecule has 1 amide bonds. The van der Waals surface area contributed by atoms with E-state index in [1.165, 1.54) is 11.3 Å². The zero-order valence-corrected chi connectivity index (χ0v) is 10.4. The molecule has 17 heavy (non-hydrogen) atoms. The molecule has 0 aliphatic carbocycles. The Bertz CT molecular complexity index is 505. The Kier molecular flexibility index (Phi) is 3.43. The van der Waals surface area contributed by atoms with Gasteiger partial charge in [-0.25, -0.2) is 4.98 Å². The molecule has 0 saturated carbocycles. The predicted molar refractivity (Wildman–Crippen MR) is 66.3 cm³/mol. The van der Waals surface area contributed by atoms with Crippen LogP contribution in [0.3, 0.4) is 0 Å². The molecule has 2 N–H and O–H groups in total. The second-order valence-electron chi connectivity index (χ2n) is 3.45. The van der Waals surface area contributed by atoms with E-state index in [2.05, 4.69) is 15.6 Å². The first kappa shape index (κ1) is 11.7. The highest BCUT2D eigenvalue weighted by Crippen LogP contribution is 2.21. The molecule has 2 aromatic rings. The van der Waals surface area contributed by atoms with Crippen LogP contribution < -0.4 is 10.6 Å². The Labute approximate surface area is 103 Å². The third-order valence-corrected chi connectivity index (χ3v) is 3.39. The Morgan fingerprint density at radius 3 is 3.00 bits per heavy atom. The number of furan rings is 1. The van der Waals surface area contributed by atoms with Gasteiger partial charge in [0.2, 0.25) is 0 Å². The second-order valence-corrected chi connectivity index (χ2v) is 4.44. The molecule has 0 fully saturated rings. The molecule has 0 bridgehead atoms. The summed E-state index contributed by atoms with van der Waals surface area (Å²) in [5.74, 6) is 0.604. The van der Waals surface area contributed by atoms with Gasteiger partial charge >= 0.3 is 0 Å². The zero-order valence-electron chi connectivity index (χ0n) is 9.61. The van der Waals surface area contributed by atoms with Crippen LogP contribution in [0.25, 0.3) is 0 Å². The number of aromatic nitrogens is 1. The van der Waals surface area contributed by atoms with Gasteiger partial charge in [-0.05, 0) is 19.1 Å². The number of anilines is 1. The third-order valence-electron chi connectivity index (χ3n) is 2.22. The van der Waals surface area contributed by atoms with Crippen molar-refractivity contribution in [2.24, 2.45) is 0 Å². The number of hydrogen-bond donors (Lipinski definition) is 2. The van der Waals surface area contributed by atoms with Crippen molar-refractivity contribution in [1.29, 1.82) is 0 Å². The van der Waals surface area contributed by atoms with Crippen molar-refractivity contribution in [3.8, 4) is 0 Å². The average molecular weight is 251 g/mol. The summed E-state index contributed by atoms with van der Waals surface area (Å²) in [5.41, 5.74) is 0.733. The average Bonchev–Trinajstić information content (AvgIpc) is 2.94. The van der Waals surface area contributed by atoms with Gasteiger partial charge in [-0.1, -0.05) is 11.3 Å². The molecule has 5 nitrogen and oxygen atoms in total. The number of carbonyl (C=O) groups excluding carboxylic acids is 1. The van der Waals surface area contributed by atoms with Crippen LogP contribution in [-0.2, 0) is 6.54 Å². The van der Waals surface area contributed by atoms with Crippen LogP contribution in [0, 0.1) is 6.92 Å². The van der Waals surface area contributed by atoms with Gasteiger partial charge in [0.25, 0.3) is 5.91 Å². The van der Waals surface area contributed by atoms with E-state index < -0.39 is 0 Å². The maximum atomic E-state index is 11.9. The van der Waals surface area contributed by atoms with Crippen molar-refractivity contribution in [2.75, 3.05) is 12.4 Å². The molecule has 0 aliphatic heterocycles. The predicted octanol–water partition coefficient (Wildman–Crippen LogP) is 2.02. The molecular formula is C11H13N3O2S. The summed E-state index contributed by atoms with van der Waals surface area (Å²) in [6, 6.07) is 3.61. The van der Waals surface area contributed by atoms with E-state index in [-0.39, 0.29) is 5.91 Å². The number of thiazole rings is 1. The van der Waals surface area contributed by atoms with E-state index in [1.807, 2.05) is 13.0 Å². The minimum atomic E-state index is -0.127. The fraction of sp³-hybridized carbons (Fsp3) is 0.273. The molecule has 0 unspecified atom stereocenters. The van der Waals surface area contributed by atoms with Crippen molar-refractivity contribution < 1.29 is 9.21 Å². The van der Waals surface area contributed by atoms with Crippen LogP contribution in [0.4, 0.5) is 5.13 Å². The Morgan fingerprint density at radius 1 is 1.59 bits per heavy atom. The third kappa shape index (κ3) is 2.65. The molecule has 0 radical (unpaired) electrons. The number of carbonyl (C=O) groups is 1. The monoisotopic (exact) mass is 251 g/mol. The number of aryl methyl sites for hydroxylation is 1. The molecule has 0 aliphatic rings. The topological polar surface area (TPSA) is 67.2 Å². The highest BCUT2D eigenvalue weighted by molar-refractivity contribution is 7.17. The number of hydrogen-bond acceptors (Lipinski definition) is 5. The van der Waals surface area contributed by atoms with Gasteiger partial charge in [-0.3, -0.25) is 4.79 Å². The van der Waals surface area contributed by atoms with E-state index in [4.69, 9.17) is 4.42 Å². The molecule has 0 aromatic carbocycles. The lowest BCUT2D eigenvalue weighted by Crippen LogP contribution is -2.22. The minimum Gasteiger partial charge on any atom is -0.467 e. The quantitative estimate of drug-likeness (QED) is 0.872. The van der Waals surface area contributed by atoms with E-state index in [0.29, 0.717) is 11.4 Å². The molecule has 2 heterocycles. The summed E-state index contributed by atoms with van der Waals surface area (Å²) in [4.78, 5) is 16.7. The van der Waals surface area contributed by atoms with Crippen molar-refractivity contribution in [1.82, 2.24) is 10.3 Å². The van der Waals surface area contributed by atoms with E-state index in [1.54, 1.807) is 19.4 Å². The van der Waals surface area contributed by atoms with Crippen LogP contribution in [-0.4, -0.2) is 17.9 Å². The van der Waals surface area contributed by atoms with E-state index >= 15 is 0 Å². The maximum absolute atomic E-state index is 11.9. The second kappa shape index (κ2) is 5.01. The SMILES string of the molecule is CNc1nc(C)c(C(=O)NCc2ccco2)s1. The number of amides is 1. The van der Waals surface area contributed by atoms with E-state index in [0.717, 1.165) is 16.6 Å².